The summed E-state index contributed by atoms with van der Waals surface area (Å²) in [4.78, 5) is 16.6. The van der Waals surface area contributed by atoms with E-state index in [1.807, 2.05) is 33.9 Å². The van der Waals surface area contributed by atoms with E-state index < -0.39 is 0 Å². The summed E-state index contributed by atoms with van der Waals surface area (Å²) in [6, 6.07) is 12.5. The number of fused-ring (bicyclic) bond motifs is 2. The van der Waals surface area contributed by atoms with Crippen molar-refractivity contribution in [1.82, 2.24) is 4.98 Å². The minimum atomic E-state index is -0.169. The van der Waals surface area contributed by atoms with Crippen LogP contribution in [0.2, 0.25) is 0 Å². The zero-order chi connectivity index (χ0) is 31.9. The van der Waals surface area contributed by atoms with Crippen molar-refractivity contribution in [3.8, 4) is 11.3 Å². The number of ketones is 1. The zero-order valence-corrected chi connectivity index (χ0v) is 30.9. The number of carbonyl (C=O) groups is 1. The third-order valence-corrected chi connectivity index (χ3v) is 9.38. The minimum absolute atomic E-state index is 0. The molecule has 1 aliphatic rings. The SMILES string of the molecule is CCC(CC)C(=O)/C=C(\O)C(CC)CC.Cc1c[c-]c2c(c1)C(C)(C)c1ccc(C(C)(C)C)c3oc4c(C)cnc-2c4c13.[Ir]. The Balaban J connectivity index is 0.000000286. The number of furan rings is 1. The molecule has 0 fully saturated rings. The van der Waals surface area contributed by atoms with Gasteiger partial charge < -0.3 is 14.5 Å². The molecule has 0 unspecified atom stereocenters. The number of pyridine rings is 1. The first-order valence-corrected chi connectivity index (χ1v) is 16.0. The second-order valence-corrected chi connectivity index (χ2v) is 13.8. The van der Waals surface area contributed by atoms with E-state index in [1.54, 1.807) is 0 Å². The number of aliphatic hydroxyl groups is 1. The molecule has 2 aromatic heterocycles. The molecule has 0 atom stereocenters. The van der Waals surface area contributed by atoms with Gasteiger partial charge in [-0.15, -0.1) is 34.9 Å². The largest absolute Gasteiger partial charge is 0.512 e. The van der Waals surface area contributed by atoms with Crippen molar-refractivity contribution in [1.29, 1.82) is 0 Å². The van der Waals surface area contributed by atoms with Gasteiger partial charge in [0.2, 0.25) is 0 Å². The number of aliphatic hydroxyl groups excluding tert-OH is 1. The summed E-state index contributed by atoms with van der Waals surface area (Å²) in [6.45, 7) is 23.6. The van der Waals surface area contributed by atoms with Crippen LogP contribution in [0.3, 0.4) is 0 Å². The summed E-state index contributed by atoms with van der Waals surface area (Å²) in [6.07, 6.45) is 6.84. The maximum absolute atomic E-state index is 11.7. The Morgan fingerprint density at radius 3 is 2.16 bits per heavy atom. The van der Waals surface area contributed by atoms with E-state index in [0.29, 0.717) is 0 Å². The number of aromatic nitrogens is 1. The first kappa shape index (κ1) is 35.7. The molecule has 1 radical (unpaired) electrons. The van der Waals surface area contributed by atoms with E-state index in [9.17, 15) is 9.90 Å². The fraction of sp³-hybridized carbons (Fsp3) is 0.487. The summed E-state index contributed by atoms with van der Waals surface area (Å²) in [7, 11) is 0. The van der Waals surface area contributed by atoms with Crippen LogP contribution >= 0.6 is 0 Å². The van der Waals surface area contributed by atoms with Crippen molar-refractivity contribution in [3.63, 3.8) is 0 Å². The second-order valence-electron chi connectivity index (χ2n) is 13.8. The number of aryl methyl sites for hydroxylation is 2. The van der Waals surface area contributed by atoms with Crippen LogP contribution in [-0.4, -0.2) is 15.9 Å². The fourth-order valence-corrected chi connectivity index (χ4v) is 6.51. The van der Waals surface area contributed by atoms with Gasteiger partial charge in [0.25, 0.3) is 0 Å². The monoisotopic (exact) mass is 773 g/mol. The summed E-state index contributed by atoms with van der Waals surface area (Å²) in [5.74, 6) is 0.547. The third kappa shape index (κ3) is 6.46. The number of nitrogens with zero attached hydrogens (tertiary/aromatic N) is 1. The summed E-state index contributed by atoms with van der Waals surface area (Å²) in [5.41, 5.74) is 10.0. The molecule has 5 rings (SSSR count). The number of benzene rings is 2. The van der Waals surface area contributed by atoms with Crippen molar-refractivity contribution in [2.45, 2.75) is 113 Å². The molecule has 2 aromatic carbocycles. The van der Waals surface area contributed by atoms with Crippen LogP contribution in [0.4, 0.5) is 0 Å². The molecule has 239 valence electrons. The van der Waals surface area contributed by atoms with Gasteiger partial charge in [-0.1, -0.05) is 81.4 Å². The van der Waals surface area contributed by atoms with Crippen molar-refractivity contribution in [2.75, 3.05) is 0 Å². The van der Waals surface area contributed by atoms with E-state index >= 15 is 0 Å². The van der Waals surface area contributed by atoms with Gasteiger partial charge in [-0.25, -0.2) is 0 Å². The molecule has 2 heterocycles. The van der Waals surface area contributed by atoms with Gasteiger partial charge in [-0.3, -0.25) is 4.79 Å². The average Bonchev–Trinajstić information content (AvgIpc) is 3.32. The molecular weight excluding hydrogens is 723 g/mol. The van der Waals surface area contributed by atoms with E-state index in [4.69, 9.17) is 9.40 Å². The van der Waals surface area contributed by atoms with Gasteiger partial charge in [0.1, 0.15) is 11.2 Å². The molecule has 4 aromatic rings. The van der Waals surface area contributed by atoms with Gasteiger partial charge in [0.15, 0.2) is 5.78 Å². The Hall–Kier alpha value is -2.75. The Kier molecular flexibility index (Phi) is 11.1. The van der Waals surface area contributed by atoms with Crippen molar-refractivity contribution >= 4 is 27.7 Å². The van der Waals surface area contributed by atoms with Crippen LogP contribution in [0.5, 0.6) is 0 Å². The number of allylic oxidation sites excluding steroid dienone is 2. The van der Waals surface area contributed by atoms with Crippen molar-refractivity contribution in [3.05, 3.63) is 76.2 Å². The van der Waals surface area contributed by atoms with Crippen LogP contribution in [0.25, 0.3) is 33.2 Å². The topological polar surface area (TPSA) is 63.3 Å². The van der Waals surface area contributed by atoms with Crippen molar-refractivity contribution in [2.24, 2.45) is 11.8 Å². The number of carbonyl (C=O) groups excluding carboxylic acids is 1. The molecule has 0 saturated carbocycles. The predicted molar refractivity (Wildman–Crippen MR) is 180 cm³/mol. The zero-order valence-electron chi connectivity index (χ0n) is 28.5. The average molecular weight is 773 g/mol. The van der Waals surface area contributed by atoms with E-state index in [1.165, 1.54) is 33.7 Å². The number of hydrogen-bond donors (Lipinski definition) is 1. The molecule has 0 aliphatic heterocycles. The Morgan fingerprint density at radius 1 is 0.977 bits per heavy atom. The van der Waals surface area contributed by atoms with Crippen LogP contribution in [0, 0.1) is 31.7 Å². The molecule has 4 nitrogen and oxygen atoms in total. The second kappa shape index (κ2) is 13.7. The molecular formula is C39H50IrNO3-. The summed E-state index contributed by atoms with van der Waals surface area (Å²) < 4.78 is 6.58. The van der Waals surface area contributed by atoms with Crippen LogP contribution < -0.4 is 0 Å². The van der Waals surface area contributed by atoms with E-state index in [-0.39, 0.29) is 54.3 Å². The maximum atomic E-state index is 11.7. The van der Waals surface area contributed by atoms with E-state index in [0.717, 1.165) is 59.1 Å². The molecule has 44 heavy (non-hydrogen) atoms. The van der Waals surface area contributed by atoms with Crippen molar-refractivity contribution < 1.29 is 34.4 Å². The first-order chi connectivity index (χ1) is 20.2. The molecule has 1 aliphatic carbocycles. The van der Waals surface area contributed by atoms with Gasteiger partial charge in [0, 0.05) is 66.1 Å². The molecule has 0 bridgehead atoms. The van der Waals surface area contributed by atoms with Crippen LogP contribution in [0.15, 0.2) is 46.7 Å². The molecule has 1 N–H and O–H groups in total. The van der Waals surface area contributed by atoms with Crippen LogP contribution in [-0.2, 0) is 35.7 Å². The maximum Gasteiger partial charge on any atom is 0.162 e. The Bertz CT molecular complexity index is 1680. The van der Waals surface area contributed by atoms with E-state index in [2.05, 4.69) is 78.8 Å². The van der Waals surface area contributed by atoms with Crippen LogP contribution in [0.1, 0.15) is 116 Å². The fourth-order valence-electron chi connectivity index (χ4n) is 6.51. The predicted octanol–water partition coefficient (Wildman–Crippen LogP) is 10.9. The Labute approximate surface area is 278 Å². The van der Waals surface area contributed by atoms with Gasteiger partial charge in [0.05, 0.1) is 5.76 Å². The summed E-state index contributed by atoms with van der Waals surface area (Å²) in [5, 5.41) is 12.1. The number of hydrogen-bond acceptors (Lipinski definition) is 4. The summed E-state index contributed by atoms with van der Waals surface area (Å²) >= 11 is 0. The molecule has 0 saturated heterocycles. The van der Waals surface area contributed by atoms with Gasteiger partial charge in [-0.05, 0) is 54.7 Å². The molecule has 5 heteroatoms. The third-order valence-electron chi connectivity index (χ3n) is 9.38. The first-order valence-electron chi connectivity index (χ1n) is 16.0. The number of rotatable bonds is 7. The minimum Gasteiger partial charge on any atom is -0.512 e. The molecule has 0 spiro atoms. The van der Waals surface area contributed by atoms with Gasteiger partial charge >= 0.3 is 0 Å². The standard InChI is InChI=1S/C26H26NO.C13H24O2.Ir/c1-14-8-9-16-19(12-14)26(6,7)17-10-11-18(25(3,4)5)24-20(17)21-22(16)27-13-15(2)23(21)28-24;1-5-10(6-2)12(14)9-13(15)11(7-3)8-4;/h8,10-13H,1-7H3;9-11,14H,5-8H2,1-4H3;/q-1;;/b;12-9-;. The molecule has 0 amide bonds. The van der Waals surface area contributed by atoms with Gasteiger partial charge in [-0.2, -0.15) is 0 Å². The normalized spacial score (nSPS) is 14.0. The Morgan fingerprint density at radius 2 is 1.59 bits per heavy atom. The smallest absolute Gasteiger partial charge is 0.162 e. The quantitative estimate of drug-likeness (QED) is 0.115.